The molecule has 0 bridgehead atoms. The highest BCUT2D eigenvalue weighted by Gasteiger charge is 2.12. The highest BCUT2D eigenvalue weighted by Crippen LogP contribution is 2.36. The molecule has 0 spiro atoms. The first-order valence-electron chi connectivity index (χ1n) is 9.03. The van der Waals surface area contributed by atoms with Gasteiger partial charge in [0.15, 0.2) is 40.2 Å². The van der Waals surface area contributed by atoms with Crippen molar-refractivity contribution in [2.75, 3.05) is 0 Å². The van der Waals surface area contributed by atoms with Crippen molar-refractivity contribution >= 4 is 0 Å². The van der Waals surface area contributed by atoms with Gasteiger partial charge < -0.3 is 35.7 Å². The van der Waals surface area contributed by atoms with Gasteiger partial charge in [0, 0.05) is 0 Å². The van der Waals surface area contributed by atoms with Gasteiger partial charge in [-0.3, -0.25) is 0 Å². The van der Waals surface area contributed by atoms with Gasteiger partial charge >= 0.3 is 0 Å². The fourth-order valence-electron chi connectivity index (χ4n) is 3.22. The second kappa shape index (κ2) is 8.10. The summed E-state index contributed by atoms with van der Waals surface area (Å²) in [5.74, 6) is -2.30. The number of rotatable bonds is 6. The van der Waals surface area contributed by atoms with E-state index in [0.717, 1.165) is 16.7 Å². The van der Waals surface area contributed by atoms with Gasteiger partial charge in [-0.25, -0.2) is 0 Å². The van der Waals surface area contributed by atoms with Crippen LogP contribution in [0.25, 0.3) is 0 Å². The van der Waals surface area contributed by atoms with Crippen molar-refractivity contribution in [3.8, 4) is 40.2 Å². The highest BCUT2D eigenvalue weighted by atomic mass is 16.3. The molecule has 7 N–H and O–H groups in total. The molecule has 0 saturated carbocycles. The summed E-state index contributed by atoms with van der Waals surface area (Å²) in [4.78, 5) is 0. The lowest BCUT2D eigenvalue weighted by Gasteiger charge is -2.13. The number of benzene rings is 3. The van der Waals surface area contributed by atoms with Crippen LogP contribution in [0.5, 0.6) is 40.2 Å². The molecular weight excluding hydrogens is 376 g/mol. The number of hydrogen-bond acceptors (Lipinski definition) is 7. The Morgan fingerprint density at radius 2 is 0.862 bits per heavy atom. The standard InChI is InChI=1S/C22H22O7/c23-16-6-3-12(7-17(16)24)1-4-14-10-18(25)19(26)11-15(14)5-2-13-8-20(27)22(29)21(28)9-13/h3,6-11,23-29H,1-2,4-5H2. The van der Waals surface area contributed by atoms with Crippen molar-refractivity contribution < 1.29 is 35.7 Å². The average molecular weight is 398 g/mol. The molecule has 0 aliphatic carbocycles. The van der Waals surface area contributed by atoms with Crippen molar-refractivity contribution in [1.82, 2.24) is 0 Å². The van der Waals surface area contributed by atoms with E-state index in [1.807, 2.05) is 0 Å². The van der Waals surface area contributed by atoms with Crippen molar-refractivity contribution in [2.45, 2.75) is 25.7 Å². The molecule has 3 rings (SSSR count). The SMILES string of the molecule is Oc1ccc(CCc2cc(O)c(O)cc2CCc2cc(O)c(O)c(O)c2)cc1O. The third kappa shape index (κ3) is 4.57. The topological polar surface area (TPSA) is 142 Å². The number of aromatic hydroxyl groups is 7. The van der Waals surface area contributed by atoms with Crippen LogP contribution < -0.4 is 0 Å². The highest BCUT2D eigenvalue weighted by molar-refractivity contribution is 5.51. The van der Waals surface area contributed by atoms with E-state index >= 15 is 0 Å². The summed E-state index contributed by atoms with van der Waals surface area (Å²) >= 11 is 0. The molecule has 0 heterocycles. The van der Waals surface area contributed by atoms with E-state index in [0.29, 0.717) is 31.2 Å². The average Bonchev–Trinajstić information content (AvgIpc) is 2.68. The van der Waals surface area contributed by atoms with E-state index in [9.17, 15) is 35.7 Å². The third-order valence-corrected chi connectivity index (χ3v) is 4.83. The Morgan fingerprint density at radius 3 is 1.38 bits per heavy atom. The van der Waals surface area contributed by atoms with Crippen LogP contribution in [0.1, 0.15) is 22.3 Å². The van der Waals surface area contributed by atoms with Crippen molar-refractivity contribution in [3.63, 3.8) is 0 Å². The Labute approximate surface area is 167 Å². The monoisotopic (exact) mass is 398 g/mol. The lowest BCUT2D eigenvalue weighted by molar-refractivity contribution is 0.367. The molecular formula is C22H22O7. The van der Waals surface area contributed by atoms with Gasteiger partial charge in [0.2, 0.25) is 0 Å². The van der Waals surface area contributed by atoms with Crippen molar-refractivity contribution in [3.05, 3.63) is 64.7 Å². The quantitative estimate of drug-likeness (QED) is 0.316. The van der Waals surface area contributed by atoms with E-state index in [-0.39, 0.29) is 23.0 Å². The van der Waals surface area contributed by atoms with Gasteiger partial charge in [-0.05, 0) is 84.3 Å². The fraction of sp³-hybridized carbons (Fsp3) is 0.182. The summed E-state index contributed by atoms with van der Waals surface area (Å²) in [7, 11) is 0. The first-order chi connectivity index (χ1) is 13.7. The summed E-state index contributed by atoms with van der Waals surface area (Å²) in [5, 5.41) is 67.5. The van der Waals surface area contributed by atoms with Crippen LogP contribution in [-0.4, -0.2) is 35.7 Å². The summed E-state index contributed by atoms with van der Waals surface area (Å²) in [6, 6.07) is 10.2. The Bertz CT molecular complexity index is 1020. The second-order valence-corrected chi connectivity index (χ2v) is 6.92. The van der Waals surface area contributed by atoms with Gasteiger partial charge in [-0.2, -0.15) is 0 Å². The zero-order chi connectivity index (χ0) is 21.1. The lowest BCUT2D eigenvalue weighted by atomic mass is 9.94. The van der Waals surface area contributed by atoms with Gasteiger partial charge in [0.25, 0.3) is 0 Å². The predicted octanol–water partition coefficient (Wildman–Crippen LogP) is 3.20. The summed E-state index contributed by atoms with van der Waals surface area (Å²) < 4.78 is 0. The minimum atomic E-state index is -0.575. The van der Waals surface area contributed by atoms with Crippen LogP contribution in [-0.2, 0) is 25.7 Å². The Balaban J connectivity index is 1.79. The second-order valence-electron chi connectivity index (χ2n) is 6.92. The van der Waals surface area contributed by atoms with E-state index in [1.165, 1.54) is 36.4 Å². The molecule has 0 radical (unpaired) electrons. The Kier molecular flexibility index (Phi) is 5.59. The maximum absolute atomic E-state index is 9.87. The summed E-state index contributed by atoms with van der Waals surface area (Å²) in [6.45, 7) is 0. The molecule has 7 nitrogen and oxygen atoms in total. The maximum Gasteiger partial charge on any atom is 0.200 e. The molecule has 0 fully saturated rings. The van der Waals surface area contributed by atoms with E-state index in [1.54, 1.807) is 6.07 Å². The number of hydrogen-bond donors (Lipinski definition) is 7. The van der Waals surface area contributed by atoms with Crippen molar-refractivity contribution in [1.29, 1.82) is 0 Å². The lowest BCUT2D eigenvalue weighted by Crippen LogP contribution is -2.00. The van der Waals surface area contributed by atoms with E-state index < -0.39 is 17.2 Å². The zero-order valence-electron chi connectivity index (χ0n) is 15.5. The van der Waals surface area contributed by atoms with Gasteiger partial charge in [0.05, 0.1) is 0 Å². The van der Waals surface area contributed by atoms with Crippen LogP contribution in [0.3, 0.4) is 0 Å². The maximum atomic E-state index is 9.87. The van der Waals surface area contributed by atoms with E-state index in [2.05, 4.69) is 0 Å². The zero-order valence-corrected chi connectivity index (χ0v) is 15.5. The molecule has 29 heavy (non-hydrogen) atoms. The molecule has 0 atom stereocenters. The fourth-order valence-corrected chi connectivity index (χ4v) is 3.22. The van der Waals surface area contributed by atoms with Gasteiger partial charge in [-0.1, -0.05) is 6.07 Å². The van der Waals surface area contributed by atoms with Crippen molar-refractivity contribution in [2.24, 2.45) is 0 Å². The smallest absolute Gasteiger partial charge is 0.200 e. The summed E-state index contributed by atoms with van der Waals surface area (Å²) in [6.07, 6.45) is 1.91. The van der Waals surface area contributed by atoms with Crippen LogP contribution >= 0.6 is 0 Å². The molecule has 0 aliphatic rings. The van der Waals surface area contributed by atoms with E-state index in [4.69, 9.17) is 0 Å². The molecule has 3 aromatic rings. The van der Waals surface area contributed by atoms with Gasteiger partial charge in [-0.15, -0.1) is 0 Å². The molecule has 0 saturated heterocycles. The summed E-state index contributed by atoms with van der Waals surface area (Å²) in [5.41, 5.74) is 2.96. The number of phenols is 7. The molecule has 152 valence electrons. The Morgan fingerprint density at radius 1 is 0.414 bits per heavy atom. The van der Waals surface area contributed by atoms with Crippen LogP contribution in [0.4, 0.5) is 0 Å². The largest absolute Gasteiger partial charge is 0.504 e. The molecule has 0 unspecified atom stereocenters. The molecule has 0 amide bonds. The first-order valence-corrected chi connectivity index (χ1v) is 9.03. The minimum Gasteiger partial charge on any atom is -0.504 e. The Hall–Kier alpha value is -3.74. The number of phenolic OH excluding ortho intramolecular Hbond substituents is 7. The molecule has 3 aromatic carbocycles. The predicted molar refractivity (Wildman–Crippen MR) is 106 cm³/mol. The molecule has 0 aromatic heterocycles. The van der Waals surface area contributed by atoms with Crippen LogP contribution in [0.15, 0.2) is 42.5 Å². The first kappa shape index (κ1) is 20.0. The van der Waals surface area contributed by atoms with Gasteiger partial charge in [0.1, 0.15) is 0 Å². The van der Waals surface area contributed by atoms with Crippen LogP contribution in [0, 0.1) is 0 Å². The van der Waals surface area contributed by atoms with Crippen LogP contribution in [0.2, 0.25) is 0 Å². The normalized spacial score (nSPS) is 10.9. The minimum absolute atomic E-state index is 0.197. The molecule has 7 heteroatoms. The number of aryl methyl sites for hydroxylation is 4. The molecule has 0 aliphatic heterocycles. The third-order valence-electron chi connectivity index (χ3n) is 4.83.